The standard InChI is InChI=1S/C33H61NO12/c1-34(2)8-9-35-10-11-36-12-13-37-14-15-38-16-17-39-18-19-40-20-21-41-22-23-42-24-25-43-26-27-44-28-29-45-30-31-46-32-33-6-4-3-5-7-33/h3-7H,8-32H2,1-2H3. The molecule has 0 saturated carbocycles. The third-order valence-electron chi connectivity index (χ3n) is 5.89. The SMILES string of the molecule is CN(C)CCOCCOCCOCCOCCOCCOCCOCCOCCOCCOCCOCCOCc1ccccc1. The van der Waals surface area contributed by atoms with Gasteiger partial charge in [-0.25, -0.2) is 0 Å². The van der Waals surface area contributed by atoms with Crippen LogP contribution in [0, 0.1) is 0 Å². The monoisotopic (exact) mass is 663 g/mol. The van der Waals surface area contributed by atoms with E-state index in [9.17, 15) is 0 Å². The van der Waals surface area contributed by atoms with Gasteiger partial charge in [0.2, 0.25) is 0 Å². The van der Waals surface area contributed by atoms with Crippen molar-refractivity contribution < 1.29 is 56.8 Å². The van der Waals surface area contributed by atoms with Crippen LogP contribution in [0.4, 0.5) is 0 Å². The van der Waals surface area contributed by atoms with Crippen LogP contribution < -0.4 is 0 Å². The summed E-state index contributed by atoms with van der Waals surface area (Å²) in [7, 11) is 4.04. The van der Waals surface area contributed by atoms with Gasteiger partial charge in [-0.3, -0.25) is 0 Å². The van der Waals surface area contributed by atoms with Gasteiger partial charge in [0, 0.05) is 6.54 Å². The van der Waals surface area contributed by atoms with Crippen molar-refractivity contribution in [2.75, 3.05) is 173 Å². The molecule has 13 heteroatoms. The van der Waals surface area contributed by atoms with Gasteiger partial charge >= 0.3 is 0 Å². The zero-order chi connectivity index (χ0) is 32.9. The Hall–Kier alpha value is -1.30. The molecule has 0 N–H and O–H groups in total. The van der Waals surface area contributed by atoms with Crippen LogP contribution in [0.15, 0.2) is 30.3 Å². The third-order valence-corrected chi connectivity index (χ3v) is 5.89. The Labute approximate surface area is 276 Å². The van der Waals surface area contributed by atoms with Crippen LogP contribution >= 0.6 is 0 Å². The molecule has 0 aliphatic rings. The number of likely N-dealkylation sites (N-methyl/N-ethyl adjacent to an activating group) is 1. The van der Waals surface area contributed by atoms with E-state index in [1.54, 1.807) is 0 Å². The number of nitrogens with zero attached hydrogens (tertiary/aromatic N) is 1. The van der Waals surface area contributed by atoms with Crippen molar-refractivity contribution in [3.8, 4) is 0 Å². The molecule has 13 nitrogen and oxygen atoms in total. The van der Waals surface area contributed by atoms with Gasteiger partial charge in [-0.1, -0.05) is 30.3 Å². The smallest absolute Gasteiger partial charge is 0.0718 e. The van der Waals surface area contributed by atoms with Gasteiger partial charge in [0.05, 0.1) is 159 Å². The van der Waals surface area contributed by atoms with Gasteiger partial charge in [0.25, 0.3) is 0 Å². The van der Waals surface area contributed by atoms with Crippen molar-refractivity contribution in [2.45, 2.75) is 6.61 Å². The summed E-state index contributed by atoms with van der Waals surface area (Å²) in [6.07, 6.45) is 0. The lowest BCUT2D eigenvalue weighted by atomic mass is 10.2. The molecule has 0 bridgehead atoms. The minimum atomic E-state index is 0.514. The zero-order valence-electron chi connectivity index (χ0n) is 28.4. The average Bonchev–Trinajstić information content (AvgIpc) is 3.06. The number of hydrogen-bond donors (Lipinski definition) is 0. The Kier molecular flexibility index (Phi) is 33.9. The van der Waals surface area contributed by atoms with Gasteiger partial charge in [-0.2, -0.15) is 0 Å². The highest BCUT2D eigenvalue weighted by Crippen LogP contribution is 2.00. The first-order chi connectivity index (χ1) is 22.8. The molecule has 1 aromatic carbocycles. The molecule has 0 unspecified atom stereocenters. The van der Waals surface area contributed by atoms with Crippen LogP contribution in [0.25, 0.3) is 0 Å². The number of ether oxygens (including phenoxy) is 12. The van der Waals surface area contributed by atoms with Crippen LogP contribution in [0.3, 0.4) is 0 Å². The van der Waals surface area contributed by atoms with Crippen molar-refractivity contribution in [3.63, 3.8) is 0 Å². The normalized spacial score (nSPS) is 11.6. The molecule has 1 rings (SSSR count). The van der Waals surface area contributed by atoms with Crippen LogP contribution in [-0.2, 0) is 63.4 Å². The van der Waals surface area contributed by atoms with Gasteiger partial charge < -0.3 is 61.7 Å². The largest absolute Gasteiger partial charge is 0.378 e. The zero-order valence-corrected chi connectivity index (χ0v) is 28.4. The number of benzene rings is 1. The van der Waals surface area contributed by atoms with Gasteiger partial charge in [-0.15, -0.1) is 0 Å². The minimum absolute atomic E-state index is 0.514. The van der Waals surface area contributed by atoms with E-state index in [2.05, 4.69) is 4.90 Å². The number of hydrogen-bond acceptors (Lipinski definition) is 13. The molecule has 0 atom stereocenters. The lowest BCUT2D eigenvalue weighted by Gasteiger charge is -2.10. The van der Waals surface area contributed by atoms with Crippen molar-refractivity contribution in [1.29, 1.82) is 0 Å². The molecule has 0 amide bonds. The van der Waals surface area contributed by atoms with Crippen molar-refractivity contribution in [3.05, 3.63) is 35.9 Å². The second-order valence-corrected chi connectivity index (χ2v) is 10.1. The summed E-state index contributed by atoms with van der Waals surface area (Å²) in [5.41, 5.74) is 1.16. The van der Waals surface area contributed by atoms with Crippen LogP contribution in [-0.4, -0.2) is 177 Å². The second kappa shape index (κ2) is 36.5. The lowest BCUT2D eigenvalue weighted by Crippen LogP contribution is -2.19. The summed E-state index contributed by atoms with van der Waals surface area (Å²) >= 11 is 0. The molecule has 0 saturated heterocycles. The van der Waals surface area contributed by atoms with E-state index in [4.69, 9.17) is 56.8 Å². The summed E-state index contributed by atoms with van der Waals surface area (Å²) < 4.78 is 65.8. The Morgan fingerprint density at radius 1 is 0.326 bits per heavy atom. The molecule has 46 heavy (non-hydrogen) atoms. The van der Waals surface area contributed by atoms with E-state index < -0.39 is 0 Å². The first-order valence-electron chi connectivity index (χ1n) is 16.4. The molecule has 0 radical (unpaired) electrons. The van der Waals surface area contributed by atoms with E-state index in [-0.39, 0.29) is 0 Å². The Balaban J connectivity index is 1.61. The van der Waals surface area contributed by atoms with Crippen molar-refractivity contribution in [2.24, 2.45) is 0 Å². The minimum Gasteiger partial charge on any atom is -0.378 e. The predicted octanol–water partition coefficient (Wildman–Crippen LogP) is 1.95. The molecular weight excluding hydrogens is 602 g/mol. The fourth-order valence-electron chi connectivity index (χ4n) is 3.43. The Bertz CT molecular complexity index is 704. The van der Waals surface area contributed by atoms with E-state index in [0.717, 1.165) is 18.7 Å². The summed E-state index contributed by atoms with van der Waals surface area (Å²) in [4.78, 5) is 2.08. The first-order valence-corrected chi connectivity index (χ1v) is 16.4. The van der Waals surface area contributed by atoms with Crippen LogP contribution in [0.2, 0.25) is 0 Å². The molecular formula is C33H61NO12. The topological polar surface area (TPSA) is 114 Å². The molecule has 0 aromatic heterocycles. The summed E-state index contributed by atoms with van der Waals surface area (Å²) in [6, 6.07) is 10.1. The third kappa shape index (κ3) is 34.0. The van der Waals surface area contributed by atoms with Crippen molar-refractivity contribution >= 4 is 0 Å². The fraction of sp³-hybridized carbons (Fsp3) is 0.818. The Morgan fingerprint density at radius 2 is 0.565 bits per heavy atom. The van der Waals surface area contributed by atoms with Crippen LogP contribution in [0.1, 0.15) is 5.56 Å². The molecule has 0 aliphatic heterocycles. The molecule has 0 aliphatic carbocycles. The van der Waals surface area contributed by atoms with Gasteiger partial charge in [0.1, 0.15) is 0 Å². The highest BCUT2D eigenvalue weighted by molar-refractivity contribution is 5.13. The average molecular weight is 664 g/mol. The van der Waals surface area contributed by atoms with Crippen LogP contribution in [0.5, 0.6) is 0 Å². The maximum absolute atomic E-state index is 5.57. The Morgan fingerprint density at radius 3 is 0.826 bits per heavy atom. The highest BCUT2D eigenvalue weighted by Gasteiger charge is 1.97. The lowest BCUT2D eigenvalue weighted by molar-refractivity contribution is -0.0286. The second-order valence-electron chi connectivity index (χ2n) is 10.1. The van der Waals surface area contributed by atoms with Gasteiger partial charge in [-0.05, 0) is 19.7 Å². The molecule has 1 aromatic rings. The summed E-state index contributed by atoms with van der Waals surface area (Å²) in [5.74, 6) is 0. The quantitative estimate of drug-likeness (QED) is 0.0962. The summed E-state index contributed by atoms with van der Waals surface area (Å²) in [5, 5.41) is 0. The van der Waals surface area contributed by atoms with Gasteiger partial charge in [0.15, 0.2) is 0 Å². The maximum Gasteiger partial charge on any atom is 0.0718 e. The maximum atomic E-state index is 5.57. The van der Waals surface area contributed by atoms with E-state index in [0.29, 0.717) is 152 Å². The molecule has 270 valence electrons. The summed E-state index contributed by atoms with van der Waals surface area (Å²) in [6.45, 7) is 14.0. The van der Waals surface area contributed by atoms with E-state index in [1.807, 2.05) is 44.4 Å². The molecule has 0 heterocycles. The fourth-order valence-corrected chi connectivity index (χ4v) is 3.43. The first kappa shape index (κ1) is 42.7. The van der Waals surface area contributed by atoms with E-state index in [1.165, 1.54) is 0 Å². The molecule has 0 spiro atoms. The highest BCUT2D eigenvalue weighted by atomic mass is 16.6. The van der Waals surface area contributed by atoms with E-state index >= 15 is 0 Å². The number of rotatable bonds is 38. The van der Waals surface area contributed by atoms with Crippen molar-refractivity contribution in [1.82, 2.24) is 4.90 Å². The molecule has 0 fully saturated rings. The predicted molar refractivity (Wildman–Crippen MR) is 174 cm³/mol.